The third-order valence-electron chi connectivity index (χ3n) is 4.65. The van der Waals surface area contributed by atoms with Gasteiger partial charge in [-0.25, -0.2) is 9.78 Å². The van der Waals surface area contributed by atoms with E-state index >= 15 is 0 Å². The molecule has 1 aromatic heterocycles. The molecule has 1 aromatic carbocycles. The lowest BCUT2D eigenvalue weighted by atomic mass is 9.96. The number of nitrogens with zero attached hydrogens (tertiary/aromatic N) is 2. The molecule has 1 saturated heterocycles. The van der Waals surface area contributed by atoms with Gasteiger partial charge in [0.2, 0.25) is 5.91 Å². The number of aromatic nitrogens is 1. The zero-order valence-electron chi connectivity index (χ0n) is 14.8. The molecule has 1 unspecified atom stereocenters. The van der Waals surface area contributed by atoms with Gasteiger partial charge in [-0.15, -0.1) is 0 Å². The van der Waals surface area contributed by atoms with Crippen molar-refractivity contribution >= 4 is 17.7 Å². The van der Waals surface area contributed by atoms with Crippen LogP contribution < -0.4 is 5.32 Å². The summed E-state index contributed by atoms with van der Waals surface area (Å²) in [6.45, 7) is 4.30. The highest BCUT2D eigenvalue weighted by molar-refractivity contribution is 5.91. The van der Waals surface area contributed by atoms with Crippen LogP contribution in [0.2, 0.25) is 0 Å². The Bertz CT molecular complexity index is 772. The summed E-state index contributed by atoms with van der Waals surface area (Å²) in [4.78, 5) is 29.9. The fourth-order valence-corrected chi connectivity index (χ4v) is 3.19. The minimum absolute atomic E-state index is 0.00674. The van der Waals surface area contributed by atoms with Crippen LogP contribution in [0.3, 0.4) is 0 Å². The molecule has 1 aliphatic heterocycles. The van der Waals surface area contributed by atoms with E-state index in [0.29, 0.717) is 18.9 Å². The van der Waals surface area contributed by atoms with Crippen LogP contribution in [0.1, 0.15) is 34.3 Å². The van der Waals surface area contributed by atoms with E-state index < -0.39 is 5.97 Å². The number of amides is 1. The summed E-state index contributed by atoms with van der Waals surface area (Å²) in [5.41, 5.74) is 2.40. The second kappa shape index (κ2) is 8.10. The van der Waals surface area contributed by atoms with Crippen molar-refractivity contribution in [1.82, 2.24) is 9.88 Å². The molecule has 0 spiro atoms. The average molecular weight is 353 g/mol. The Morgan fingerprint density at radius 3 is 2.65 bits per heavy atom. The topological polar surface area (TPSA) is 82.5 Å². The molecule has 0 saturated carbocycles. The molecule has 1 fully saturated rings. The summed E-state index contributed by atoms with van der Waals surface area (Å²) in [7, 11) is 0. The van der Waals surface area contributed by atoms with E-state index in [1.54, 1.807) is 18.3 Å². The second-order valence-electron chi connectivity index (χ2n) is 6.79. The van der Waals surface area contributed by atoms with Crippen LogP contribution in [0.4, 0.5) is 5.82 Å². The largest absolute Gasteiger partial charge is 0.478 e. The third kappa shape index (κ3) is 4.67. The number of carboxylic acids is 1. The van der Waals surface area contributed by atoms with Gasteiger partial charge in [0.1, 0.15) is 5.82 Å². The number of carboxylic acid groups (broad SMARTS) is 1. The number of pyridine rings is 1. The molecule has 2 heterocycles. The van der Waals surface area contributed by atoms with E-state index in [9.17, 15) is 9.59 Å². The van der Waals surface area contributed by atoms with Gasteiger partial charge >= 0.3 is 5.97 Å². The van der Waals surface area contributed by atoms with Crippen molar-refractivity contribution in [3.63, 3.8) is 0 Å². The molecule has 2 aromatic rings. The van der Waals surface area contributed by atoms with Crippen LogP contribution >= 0.6 is 0 Å². The van der Waals surface area contributed by atoms with Crippen LogP contribution in [-0.4, -0.2) is 40.0 Å². The monoisotopic (exact) mass is 353 g/mol. The first-order valence-corrected chi connectivity index (χ1v) is 8.79. The van der Waals surface area contributed by atoms with Gasteiger partial charge in [0.25, 0.3) is 0 Å². The van der Waals surface area contributed by atoms with Crippen molar-refractivity contribution in [2.24, 2.45) is 5.92 Å². The number of nitrogens with one attached hydrogen (secondary N) is 1. The number of hydrogen-bond acceptors (Lipinski definition) is 4. The Morgan fingerprint density at radius 2 is 2.00 bits per heavy atom. The zero-order chi connectivity index (χ0) is 18.5. The summed E-state index contributed by atoms with van der Waals surface area (Å²) in [5, 5.41) is 11.9. The minimum atomic E-state index is -0.920. The normalized spacial score (nSPS) is 17.7. The maximum Gasteiger partial charge on any atom is 0.335 e. The van der Waals surface area contributed by atoms with Gasteiger partial charge in [0.05, 0.1) is 11.5 Å². The van der Waals surface area contributed by atoms with Crippen molar-refractivity contribution in [3.05, 3.63) is 59.3 Å². The molecule has 2 N–H and O–H groups in total. The number of carbonyl (C=O) groups excluding carboxylic acids is 1. The lowest BCUT2D eigenvalue weighted by Crippen LogP contribution is -2.40. The quantitative estimate of drug-likeness (QED) is 0.864. The first kappa shape index (κ1) is 18.1. The Kier molecular flexibility index (Phi) is 5.63. The number of hydrogen-bond donors (Lipinski definition) is 2. The number of aryl methyl sites for hydroxylation is 1. The summed E-state index contributed by atoms with van der Waals surface area (Å²) in [6, 6.07) is 10.7. The highest BCUT2D eigenvalue weighted by atomic mass is 16.4. The molecule has 136 valence electrons. The van der Waals surface area contributed by atoms with Gasteiger partial charge in [-0.1, -0.05) is 18.2 Å². The van der Waals surface area contributed by atoms with Crippen molar-refractivity contribution < 1.29 is 14.7 Å². The Balaban J connectivity index is 1.57. The van der Waals surface area contributed by atoms with E-state index in [1.807, 2.05) is 31.2 Å². The third-order valence-corrected chi connectivity index (χ3v) is 4.65. The summed E-state index contributed by atoms with van der Waals surface area (Å²) < 4.78 is 0. The predicted octanol–water partition coefficient (Wildman–Crippen LogP) is 2.94. The predicted molar refractivity (Wildman–Crippen MR) is 99.0 cm³/mol. The molecule has 1 amide bonds. The van der Waals surface area contributed by atoms with E-state index in [4.69, 9.17) is 5.11 Å². The number of carbonyl (C=O) groups is 2. The van der Waals surface area contributed by atoms with Crippen molar-refractivity contribution in [1.29, 1.82) is 0 Å². The molecule has 3 rings (SSSR count). The Hall–Kier alpha value is -2.73. The first-order chi connectivity index (χ1) is 12.5. The summed E-state index contributed by atoms with van der Waals surface area (Å²) >= 11 is 0. The number of aromatic carboxylic acids is 1. The van der Waals surface area contributed by atoms with E-state index in [2.05, 4.69) is 15.2 Å². The fraction of sp³-hybridized carbons (Fsp3) is 0.350. The van der Waals surface area contributed by atoms with Gasteiger partial charge in [0, 0.05) is 19.3 Å². The molecule has 26 heavy (non-hydrogen) atoms. The number of benzene rings is 1. The lowest BCUT2D eigenvalue weighted by Gasteiger charge is -2.32. The Labute approximate surface area is 152 Å². The second-order valence-corrected chi connectivity index (χ2v) is 6.79. The highest BCUT2D eigenvalue weighted by Crippen LogP contribution is 2.20. The van der Waals surface area contributed by atoms with E-state index in [0.717, 1.165) is 30.5 Å². The first-order valence-electron chi connectivity index (χ1n) is 8.79. The molecule has 6 heteroatoms. The summed E-state index contributed by atoms with van der Waals surface area (Å²) in [5.74, 6) is -0.393. The number of anilines is 1. The van der Waals surface area contributed by atoms with Crippen LogP contribution in [-0.2, 0) is 11.3 Å². The lowest BCUT2D eigenvalue weighted by molar-refractivity contribution is -0.121. The molecule has 1 atom stereocenters. The van der Waals surface area contributed by atoms with E-state index in [-0.39, 0.29) is 17.4 Å². The smallest absolute Gasteiger partial charge is 0.335 e. The molecule has 0 aliphatic carbocycles. The van der Waals surface area contributed by atoms with Gasteiger partial charge in [0.15, 0.2) is 0 Å². The molecular weight excluding hydrogens is 330 g/mol. The standard InChI is InChI=1S/C20H23N3O3/c1-14-4-9-18(21-11-14)22-19(24)17-3-2-10-23(13-17)12-15-5-7-16(8-6-15)20(25)26/h4-9,11,17H,2-3,10,12-13H2,1H3,(H,25,26)(H,21,22,24). The maximum atomic E-state index is 12.5. The highest BCUT2D eigenvalue weighted by Gasteiger charge is 2.26. The van der Waals surface area contributed by atoms with Gasteiger partial charge in [-0.3, -0.25) is 9.69 Å². The molecule has 0 radical (unpaired) electrons. The van der Waals surface area contributed by atoms with Crippen molar-refractivity contribution in [2.45, 2.75) is 26.3 Å². The fourth-order valence-electron chi connectivity index (χ4n) is 3.19. The number of rotatable bonds is 5. The van der Waals surface area contributed by atoms with Gasteiger partial charge in [-0.2, -0.15) is 0 Å². The maximum absolute atomic E-state index is 12.5. The SMILES string of the molecule is Cc1ccc(NC(=O)C2CCCN(Cc3ccc(C(=O)O)cc3)C2)nc1. The van der Waals surface area contributed by atoms with Crippen LogP contribution in [0, 0.1) is 12.8 Å². The van der Waals surface area contributed by atoms with Crippen LogP contribution in [0.5, 0.6) is 0 Å². The number of piperidine rings is 1. The molecule has 1 aliphatic rings. The molecule has 6 nitrogen and oxygen atoms in total. The average Bonchev–Trinajstić information content (AvgIpc) is 2.64. The van der Waals surface area contributed by atoms with Gasteiger partial charge < -0.3 is 10.4 Å². The van der Waals surface area contributed by atoms with Crippen molar-refractivity contribution in [2.75, 3.05) is 18.4 Å². The van der Waals surface area contributed by atoms with Crippen molar-refractivity contribution in [3.8, 4) is 0 Å². The minimum Gasteiger partial charge on any atom is -0.478 e. The Morgan fingerprint density at radius 1 is 1.23 bits per heavy atom. The summed E-state index contributed by atoms with van der Waals surface area (Å²) in [6.07, 6.45) is 3.57. The van der Waals surface area contributed by atoms with Gasteiger partial charge in [-0.05, 0) is 55.6 Å². The van der Waals surface area contributed by atoms with E-state index in [1.165, 1.54) is 0 Å². The zero-order valence-corrected chi connectivity index (χ0v) is 14.8. The van der Waals surface area contributed by atoms with Crippen LogP contribution in [0.15, 0.2) is 42.6 Å². The molecular formula is C20H23N3O3. The number of likely N-dealkylation sites (tertiary alicyclic amines) is 1. The van der Waals surface area contributed by atoms with Crippen LogP contribution in [0.25, 0.3) is 0 Å². The molecule has 0 bridgehead atoms.